The van der Waals surface area contributed by atoms with E-state index in [-0.39, 0.29) is 5.41 Å². The highest BCUT2D eigenvalue weighted by Crippen LogP contribution is 2.35. The zero-order valence-electron chi connectivity index (χ0n) is 14.3. The molecule has 132 valence electrons. The Morgan fingerprint density at radius 1 is 1.08 bits per heavy atom. The lowest BCUT2D eigenvalue weighted by Gasteiger charge is -2.37. The first-order chi connectivity index (χ1) is 11.7. The Hall–Kier alpha value is -1.07. The number of benzene rings is 1. The van der Waals surface area contributed by atoms with Crippen molar-refractivity contribution in [3.63, 3.8) is 0 Å². The van der Waals surface area contributed by atoms with E-state index in [1.54, 1.807) is 0 Å². The Kier molecular flexibility index (Phi) is 6.17. The Morgan fingerprint density at radius 3 is 2.33 bits per heavy atom. The van der Waals surface area contributed by atoms with Crippen LogP contribution in [0.4, 0.5) is 0 Å². The Labute approximate surface area is 153 Å². The van der Waals surface area contributed by atoms with Gasteiger partial charge < -0.3 is 15.4 Å². The number of nitrogens with two attached hydrogens (primary N) is 1. The molecule has 4 nitrogen and oxygen atoms in total. The van der Waals surface area contributed by atoms with E-state index in [0.717, 1.165) is 56.1 Å². The molecule has 0 unspecified atom stereocenters. The first-order valence-corrected chi connectivity index (χ1v) is 9.88. The van der Waals surface area contributed by atoms with E-state index in [1.807, 2.05) is 0 Å². The van der Waals surface area contributed by atoms with Gasteiger partial charge in [-0.3, -0.25) is 4.99 Å². The van der Waals surface area contributed by atoms with Gasteiger partial charge in [-0.2, -0.15) is 0 Å². The Morgan fingerprint density at radius 2 is 1.71 bits per heavy atom. The van der Waals surface area contributed by atoms with Crippen molar-refractivity contribution in [2.45, 2.75) is 43.9 Å². The van der Waals surface area contributed by atoms with Crippen molar-refractivity contribution in [2.75, 3.05) is 32.8 Å². The second-order valence-electron chi connectivity index (χ2n) is 6.98. The number of nitrogens with zero attached hydrogens (tertiary/aromatic N) is 2. The van der Waals surface area contributed by atoms with Gasteiger partial charge in [-0.05, 0) is 43.4 Å². The molecule has 0 atom stereocenters. The van der Waals surface area contributed by atoms with Gasteiger partial charge in [0.25, 0.3) is 0 Å². The van der Waals surface area contributed by atoms with Gasteiger partial charge in [0.2, 0.25) is 0 Å². The summed E-state index contributed by atoms with van der Waals surface area (Å²) in [5, 5.41) is 0. The van der Waals surface area contributed by atoms with Crippen molar-refractivity contribution in [3.05, 3.63) is 34.3 Å². The van der Waals surface area contributed by atoms with Crippen molar-refractivity contribution in [3.8, 4) is 0 Å². The molecular formula is C19H28BrN3O. The lowest BCUT2D eigenvalue weighted by molar-refractivity contribution is 0.0530. The number of ether oxygens (including phenoxy) is 1. The Balaban J connectivity index is 1.76. The van der Waals surface area contributed by atoms with Crippen LogP contribution >= 0.6 is 15.9 Å². The van der Waals surface area contributed by atoms with Gasteiger partial charge in [0.15, 0.2) is 5.96 Å². The van der Waals surface area contributed by atoms with Crippen molar-refractivity contribution < 1.29 is 4.74 Å². The molecule has 5 heteroatoms. The zero-order valence-corrected chi connectivity index (χ0v) is 15.9. The van der Waals surface area contributed by atoms with E-state index < -0.39 is 0 Å². The second-order valence-corrected chi connectivity index (χ2v) is 7.89. The van der Waals surface area contributed by atoms with Crippen LogP contribution in [0.15, 0.2) is 33.7 Å². The largest absolute Gasteiger partial charge is 0.381 e. The molecular weight excluding hydrogens is 366 g/mol. The number of rotatable bonds is 3. The van der Waals surface area contributed by atoms with Gasteiger partial charge in [0, 0.05) is 36.2 Å². The maximum Gasteiger partial charge on any atom is 0.191 e. The quantitative estimate of drug-likeness (QED) is 0.629. The summed E-state index contributed by atoms with van der Waals surface area (Å²) in [4.78, 5) is 7.10. The SMILES string of the molecule is NC(=NCC1(c2ccc(Br)cc2)CCOCC1)N1CCCCCC1. The average molecular weight is 394 g/mol. The van der Waals surface area contributed by atoms with Crippen LogP contribution in [0.3, 0.4) is 0 Å². The lowest BCUT2D eigenvalue weighted by atomic mass is 9.74. The highest BCUT2D eigenvalue weighted by Gasteiger charge is 2.34. The van der Waals surface area contributed by atoms with Crippen LogP contribution in [0.1, 0.15) is 44.1 Å². The first-order valence-electron chi connectivity index (χ1n) is 9.08. The predicted molar refractivity (Wildman–Crippen MR) is 102 cm³/mol. The monoisotopic (exact) mass is 393 g/mol. The van der Waals surface area contributed by atoms with Crippen molar-refractivity contribution in [1.82, 2.24) is 4.90 Å². The third-order valence-corrected chi connectivity index (χ3v) is 5.91. The Bertz CT molecular complexity index is 544. The molecule has 2 saturated heterocycles. The fourth-order valence-corrected chi connectivity index (χ4v) is 4.00. The first kappa shape index (κ1) is 17.7. The van der Waals surface area contributed by atoms with Gasteiger partial charge in [0.05, 0.1) is 6.54 Å². The molecule has 3 rings (SSSR count). The number of hydrogen-bond acceptors (Lipinski definition) is 2. The number of hydrogen-bond donors (Lipinski definition) is 1. The number of aliphatic imine (C=N–C) groups is 1. The van der Waals surface area contributed by atoms with Crippen LogP contribution in [0, 0.1) is 0 Å². The third kappa shape index (κ3) is 4.31. The minimum Gasteiger partial charge on any atom is -0.381 e. The molecule has 1 aromatic carbocycles. The summed E-state index contributed by atoms with van der Waals surface area (Å²) in [7, 11) is 0. The van der Waals surface area contributed by atoms with Gasteiger partial charge >= 0.3 is 0 Å². The van der Waals surface area contributed by atoms with Crippen LogP contribution < -0.4 is 5.73 Å². The lowest BCUT2D eigenvalue weighted by Crippen LogP contribution is -2.41. The molecule has 2 N–H and O–H groups in total. The van der Waals surface area contributed by atoms with Crippen LogP contribution in [0.5, 0.6) is 0 Å². The molecule has 2 aliphatic rings. The molecule has 0 spiro atoms. The van der Waals surface area contributed by atoms with E-state index in [0.29, 0.717) is 0 Å². The molecule has 24 heavy (non-hydrogen) atoms. The summed E-state index contributed by atoms with van der Waals surface area (Å²) >= 11 is 3.53. The molecule has 0 saturated carbocycles. The fraction of sp³-hybridized carbons (Fsp3) is 0.632. The van der Waals surface area contributed by atoms with Gasteiger partial charge in [-0.25, -0.2) is 0 Å². The fourth-order valence-electron chi connectivity index (χ4n) is 3.74. The van der Waals surface area contributed by atoms with E-state index in [9.17, 15) is 0 Å². The summed E-state index contributed by atoms with van der Waals surface area (Å²) in [5.74, 6) is 0.722. The van der Waals surface area contributed by atoms with Gasteiger partial charge in [-0.1, -0.05) is 40.9 Å². The van der Waals surface area contributed by atoms with E-state index in [1.165, 1.54) is 31.2 Å². The van der Waals surface area contributed by atoms with Crippen LogP contribution in [0.25, 0.3) is 0 Å². The summed E-state index contributed by atoms with van der Waals surface area (Å²) < 4.78 is 6.72. The number of halogens is 1. The maximum atomic E-state index is 6.33. The normalized spacial score (nSPS) is 22.2. The van der Waals surface area contributed by atoms with E-state index in [2.05, 4.69) is 45.1 Å². The molecule has 2 fully saturated rings. The molecule has 0 bridgehead atoms. The standard InChI is InChI=1S/C19H28BrN3O/c20-17-7-5-16(6-8-17)19(9-13-24-14-10-19)15-22-18(21)23-11-3-1-2-4-12-23/h5-8H,1-4,9-15H2,(H2,21,22). The maximum absolute atomic E-state index is 6.33. The minimum atomic E-state index is 0.0510. The summed E-state index contributed by atoms with van der Waals surface area (Å²) in [6.07, 6.45) is 7.08. The number of likely N-dealkylation sites (tertiary alicyclic amines) is 1. The molecule has 1 aromatic rings. The van der Waals surface area contributed by atoms with E-state index >= 15 is 0 Å². The minimum absolute atomic E-state index is 0.0510. The predicted octanol–water partition coefficient (Wildman–Crippen LogP) is 3.69. The molecule has 0 aromatic heterocycles. The summed E-state index contributed by atoms with van der Waals surface area (Å²) in [6.45, 7) is 4.44. The van der Waals surface area contributed by atoms with Crippen molar-refractivity contribution >= 4 is 21.9 Å². The zero-order chi connectivity index (χ0) is 16.8. The van der Waals surface area contributed by atoms with Crippen LogP contribution in [-0.4, -0.2) is 43.7 Å². The molecule has 2 aliphatic heterocycles. The van der Waals surface area contributed by atoms with Gasteiger partial charge in [0.1, 0.15) is 0 Å². The summed E-state index contributed by atoms with van der Waals surface area (Å²) in [5.41, 5.74) is 7.73. The number of guanidine groups is 1. The van der Waals surface area contributed by atoms with Crippen molar-refractivity contribution in [2.24, 2.45) is 10.7 Å². The highest BCUT2D eigenvalue weighted by molar-refractivity contribution is 9.10. The molecule has 0 amide bonds. The highest BCUT2D eigenvalue weighted by atomic mass is 79.9. The van der Waals surface area contributed by atoms with Crippen LogP contribution in [-0.2, 0) is 10.2 Å². The molecule has 2 heterocycles. The summed E-state index contributed by atoms with van der Waals surface area (Å²) in [6, 6.07) is 8.67. The molecule has 0 aliphatic carbocycles. The third-order valence-electron chi connectivity index (χ3n) is 5.38. The van der Waals surface area contributed by atoms with E-state index in [4.69, 9.17) is 15.5 Å². The van der Waals surface area contributed by atoms with Crippen molar-refractivity contribution in [1.29, 1.82) is 0 Å². The van der Waals surface area contributed by atoms with Gasteiger partial charge in [-0.15, -0.1) is 0 Å². The second kappa shape index (κ2) is 8.34. The average Bonchev–Trinajstić information content (AvgIpc) is 2.90. The topological polar surface area (TPSA) is 50.9 Å². The smallest absolute Gasteiger partial charge is 0.191 e. The van der Waals surface area contributed by atoms with Crippen LogP contribution in [0.2, 0.25) is 0 Å². The molecule has 0 radical (unpaired) electrons.